The SMILES string of the molecule is CC1C=CC(c2ccoc2)=[C]1[Zr+2](=[C]1CCCCC1)[c]1c(C(C)(C)C)ccc2c1Cc1cc(C(C)(C)C)ccc1-2.[Cl-].[Cl-]. The average molecular weight is 667 g/mol. The van der Waals surface area contributed by atoms with Gasteiger partial charge in [0.1, 0.15) is 0 Å². The minimum Gasteiger partial charge on any atom is -1.00 e. The summed E-state index contributed by atoms with van der Waals surface area (Å²) in [4.78, 5) is 0. The molecule has 0 saturated heterocycles. The number of hydrogen-bond donors (Lipinski definition) is 0. The van der Waals surface area contributed by atoms with E-state index in [1.165, 1.54) is 65.5 Å². The first kappa shape index (κ1) is 32.4. The third-order valence-electron chi connectivity index (χ3n) is 9.21. The van der Waals surface area contributed by atoms with Crippen LogP contribution in [0.3, 0.4) is 0 Å². The van der Waals surface area contributed by atoms with Crippen LogP contribution in [0.15, 0.2) is 68.8 Å². The summed E-state index contributed by atoms with van der Waals surface area (Å²) in [5.74, 6) is 0.499. The Kier molecular flexibility index (Phi) is 9.70. The van der Waals surface area contributed by atoms with Gasteiger partial charge in [-0.1, -0.05) is 0 Å². The van der Waals surface area contributed by atoms with E-state index in [1.54, 1.807) is 17.7 Å². The van der Waals surface area contributed by atoms with E-state index in [0.717, 1.165) is 6.42 Å². The summed E-state index contributed by atoms with van der Waals surface area (Å²) < 4.78 is 11.1. The zero-order chi connectivity index (χ0) is 27.5. The van der Waals surface area contributed by atoms with Crippen LogP contribution >= 0.6 is 0 Å². The summed E-state index contributed by atoms with van der Waals surface area (Å²) in [6.07, 6.45) is 16.6. The van der Waals surface area contributed by atoms with E-state index in [1.807, 2.05) is 15.7 Å². The van der Waals surface area contributed by atoms with Crippen molar-refractivity contribution in [3.05, 3.63) is 92.2 Å². The van der Waals surface area contributed by atoms with Gasteiger partial charge in [0.2, 0.25) is 0 Å². The molecule has 0 N–H and O–H groups in total. The number of rotatable bonds is 3. The monoisotopic (exact) mass is 664 g/mol. The molecule has 6 rings (SSSR count). The molecule has 1 nitrogen and oxygen atoms in total. The van der Waals surface area contributed by atoms with Gasteiger partial charge in [-0.3, -0.25) is 0 Å². The van der Waals surface area contributed by atoms with E-state index >= 15 is 0 Å². The van der Waals surface area contributed by atoms with Crippen LogP contribution in [-0.2, 0) is 38.5 Å². The van der Waals surface area contributed by atoms with Crippen molar-refractivity contribution in [1.82, 2.24) is 0 Å². The molecule has 1 heterocycles. The van der Waals surface area contributed by atoms with Crippen molar-refractivity contribution in [3.8, 4) is 11.1 Å². The van der Waals surface area contributed by atoms with Crippen molar-refractivity contribution >= 4 is 12.1 Å². The van der Waals surface area contributed by atoms with Crippen LogP contribution in [0, 0.1) is 5.92 Å². The van der Waals surface area contributed by atoms with Crippen molar-refractivity contribution in [1.29, 1.82) is 0 Å². The van der Waals surface area contributed by atoms with E-state index in [2.05, 4.69) is 97.0 Å². The summed E-state index contributed by atoms with van der Waals surface area (Å²) in [5.41, 5.74) is 12.2. The zero-order valence-electron chi connectivity index (χ0n) is 25.8. The van der Waals surface area contributed by atoms with Crippen molar-refractivity contribution in [2.45, 2.75) is 97.8 Å². The molecule has 1 aromatic heterocycles. The van der Waals surface area contributed by atoms with Crippen LogP contribution in [0.4, 0.5) is 0 Å². The first-order chi connectivity index (χ1) is 18.5. The topological polar surface area (TPSA) is 13.1 Å². The number of halogens is 2. The Morgan fingerprint density at radius 2 is 1.54 bits per heavy atom. The molecule has 0 radical (unpaired) electrons. The van der Waals surface area contributed by atoms with Crippen LogP contribution in [0.1, 0.15) is 108 Å². The zero-order valence-corrected chi connectivity index (χ0v) is 29.7. The molecule has 2 aromatic carbocycles. The van der Waals surface area contributed by atoms with Gasteiger partial charge in [-0.15, -0.1) is 0 Å². The smallest absolute Gasteiger partial charge is 1.00 e. The van der Waals surface area contributed by atoms with Gasteiger partial charge in [0, 0.05) is 0 Å². The average Bonchev–Trinajstić information content (AvgIpc) is 3.63. The molecule has 3 aromatic rings. The molecule has 216 valence electrons. The molecule has 1 unspecified atom stereocenters. The molecular weight excluding hydrogens is 623 g/mol. The molecule has 41 heavy (non-hydrogen) atoms. The fourth-order valence-corrected chi connectivity index (χ4v) is 17.3. The quantitative estimate of drug-likeness (QED) is 0.327. The van der Waals surface area contributed by atoms with E-state index < -0.39 is 21.3 Å². The Balaban J connectivity index is 0.00000194. The number of fused-ring (bicyclic) bond motifs is 3. The number of benzene rings is 2. The maximum absolute atomic E-state index is 5.62. The molecule has 3 aliphatic rings. The second-order valence-electron chi connectivity index (χ2n) is 14.1. The normalized spacial score (nSPS) is 17.9. The fraction of sp³-hybridized carbons (Fsp3) is 0.432. The predicted octanol–water partition coefficient (Wildman–Crippen LogP) is 3.45. The maximum atomic E-state index is 5.62. The van der Waals surface area contributed by atoms with Gasteiger partial charge in [-0.25, -0.2) is 0 Å². The van der Waals surface area contributed by atoms with E-state index in [9.17, 15) is 0 Å². The van der Waals surface area contributed by atoms with Gasteiger partial charge in [-0.05, 0) is 0 Å². The van der Waals surface area contributed by atoms with Gasteiger partial charge in [0.05, 0.1) is 0 Å². The summed E-state index contributed by atoms with van der Waals surface area (Å²) in [7, 11) is 0. The second-order valence-corrected chi connectivity index (χ2v) is 20.2. The van der Waals surface area contributed by atoms with Gasteiger partial charge < -0.3 is 24.8 Å². The van der Waals surface area contributed by atoms with Crippen LogP contribution in [0.5, 0.6) is 0 Å². The Labute approximate surface area is 267 Å². The molecule has 1 saturated carbocycles. The van der Waals surface area contributed by atoms with Crippen LogP contribution in [-0.4, -0.2) is 3.21 Å². The minimum absolute atomic E-state index is 0. The molecule has 0 aliphatic heterocycles. The van der Waals surface area contributed by atoms with Gasteiger partial charge >= 0.3 is 245 Å². The predicted molar refractivity (Wildman–Crippen MR) is 164 cm³/mol. The standard InChI is InChI=1S/C21H25.C10H9O.C6H10.2ClH.Zr/c1-20(2,3)16-7-9-18-14(12-16)11-15-13-17(21(4,5)6)8-10-19(15)18;1-8-2-3-9(6-8)10-4-5-11-7-10;1-2-4-6-5-3-1;;;/h7-10,12H,11H2,1-6H3;2-5,7-8H,1H3;1-5H2;2*1H;/q;;;;;+2/p-2. The second kappa shape index (κ2) is 12.3. The number of hydrogen-bond acceptors (Lipinski definition) is 1. The molecule has 3 aliphatic carbocycles. The van der Waals surface area contributed by atoms with Gasteiger partial charge in [0.15, 0.2) is 0 Å². The van der Waals surface area contributed by atoms with Crippen molar-refractivity contribution in [2.24, 2.45) is 5.92 Å². The Hall–Kier alpha value is -1.47. The van der Waals surface area contributed by atoms with E-state index in [4.69, 9.17) is 4.42 Å². The Morgan fingerprint density at radius 1 is 0.829 bits per heavy atom. The van der Waals surface area contributed by atoms with Crippen molar-refractivity contribution < 1.29 is 50.5 Å². The molecule has 0 amide bonds. The molecule has 1 fully saturated rings. The number of furan rings is 1. The van der Waals surface area contributed by atoms with Crippen LogP contribution in [0.2, 0.25) is 0 Å². The first-order valence-corrected chi connectivity index (χ1v) is 18.7. The third kappa shape index (κ3) is 6.01. The fourth-order valence-electron chi connectivity index (χ4n) is 7.09. The van der Waals surface area contributed by atoms with Crippen molar-refractivity contribution in [3.63, 3.8) is 0 Å². The van der Waals surface area contributed by atoms with E-state index in [0.29, 0.717) is 5.92 Å². The van der Waals surface area contributed by atoms with Crippen molar-refractivity contribution in [2.75, 3.05) is 0 Å². The molecular formula is C37H44Cl2OZr. The number of allylic oxidation sites excluding steroid dienone is 4. The summed E-state index contributed by atoms with van der Waals surface area (Å²) >= 11 is -2.49. The largest absolute Gasteiger partial charge is 1.00 e. The van der Waals surface area contributed by atoms with Crippen LogP contribution < -0.4 is 28.1 Å². The summed E-state index contributed by atoms with van der Waals surface area (Å²) in [6, 6.07) is 14.5. The third-order valence-corrected chi connectivity index (χ3v) is 17.9. The molecule has 0 bridgehead atoms. The Bertz CT molecular complexity index is 1520. The summed E-state index contributed by atoms with van der Waals surface area (Å²) in [5, 5.41) is 0. The molecule has 1 atom stereocenters. The first-order valence-electron chi connectivity index (χ1n) is 15.0. The Morgan fingerprint density at radius 3 is 2.17 bits per heavy atom. The maximum Gasteiger partial charge on any atom is -1.00 e. The van der Waals surface area contributed by atoms with Crippen LogP contribution in [0.25, 0.3) is 16.7 Å². The van der Waals surface area contributed by atoms with Gasteiger partial charge in [0.25, 0.3) is 0 Å². The van der Waals surface area contributed by atoms with E-state index in [-0.39, 0.29) is 35.6 Å². The molecule has 4 heteroatoms. The summed E-state index contributed by atoms with van der Waals surface area (Å²) in [6.45, 7) is 16.8. The van der Waals surface area contributed by atoms with Gasteiger partial charge in [-0.2, -0.15) is 0 Å². The minimum atomic E-state index is -2.49. The molecule has 0 spiro atoms.